The number of pyridine rings is 1. The van der Waals surface area contributed by atoms with E-state index in [9.17, 15) is 19.5 Å². The minimum Gasteiger partial charge on any atom is -0.392 e. The molecule has 2 aliphatic heterocycles. The molecular weight excluding hydrogens is 544 g/mol. The van der Waals surface area contributed by atoms with Crippen molar-refractivity contribution in [1.82, 2.24) is 20.9 Å². The number of aromatic nitrogens is 1. The third-order valence-corrected chi connectivity index (χ3v) is 7.59. The SMILES string of the molecule is CCN(CC)c1cccc2c1N(Cc1ccccn1)C(=O)C(NC(=O)[C@@H](CC(C)C)NC(=O)C1CC(O)CN1)C2.Cl. The smallest absolute Gasteiger partial charge is 0.250 e. The van der Waals surface area contributed by atoms with Crippen molar-refractivity contribution < 1.29 is 19.5 Å². The molecule has 2 aromatic rings. The summed E-state index contributed by atoms with van der Waals surface area (Å²) < 4.78 is 0. The summed E-state index contributed by atoms with van der Waals surface area (Å²) >= 11 is 0. The summed E-state index contributed by atoms with van der Waals surface area (Å²) in [5.41, 5.74) is 3.55. The maximum atomic E-state index is 14.0. The van der Waals surface area contributed by atoms with E-state index in [1.54, 1.807) is 11.1 Å². The number of anilines is 2. The Balaban J connectivity index is 0.00000462. The van der Waals surface area contributed by atoms with Crippen LogP contribution in [0.15, 0.2) is 42.6 Å². The molecule has 1 aromatic carbocycles. The van der Waals surface area contributed by atoms with Crippen LogP contribution in [-0.2, 0) is 27.3 Å². The van der Waals surface area contributed by atoms with Crippen molar-refractivity contribution in [1.29, 1.82) is 0 Å². The molecule has 1 fully saturated rings. The highest BCUT2D eigenvalue weighted by atomic mass is 35.5. The van der Waals surface area contributed by atoms with Gasteiger partial charge in [-0.25, -0.2) is 0 Å². The highest BCUT2D eigenvalue weighted by Crippen LogP contribution is 2.38. The van der Waals surface area contributed by atoms with Gasteiger partial charge in [-0.1, -0.05) is 32.0 Å². The summed E-state index contributed by atoms with van der Waals surface area (Å²) in [5.74, 6) is -0.780. The van der Waals surface area contributed by atoms with Crippen LogP contribution in [0.25, 0.3) is 0 Å². The number of hydrogen-bond donors (Lipinski definition) is 4. The van der Waals surface area contributed by atoms with Crippen LogP contribution in [0.2, 0.25) is 0 Å². The number of benzene rings is 1. The zero-order chi connectivity index (χ0) is 28.8. The second-order valence-electron chi connectivity index (χ2n) is 11.0. The van der Waals surface area contributed by atoms with Gasteiger partial charge in [0.2, 0.25) is 17.7 Å². The quantitative estimate of drug-likeness (QED) is 0.318. The number of amides is 3. The Morgan fingerprint density at radius 3 is 2.54 bits per heavy atom. The number of β-amino-alcohol motifs (C(OH)–C–C–N with tert-alkyl or cyclic N) is 1. The van der Waals surface area contributed by atoms with Crippen LogP contribution in [-0.4, -0.2) is 71.7 Å². The summed E-state index contributed by atoms with van der Waals surface area (Å²) in [7, 11) is 0. The van der Waals surface area contributed by atoms with Gasteiger partial charge >= 0.3 is 0 Å². The van der Waals surface area contributed by atoms with Crippen molar-refractivity contribution in [2.24, 2.45) is 5.92 Å². The predicted octanol–water partition coefficient (Wildman–Crippen LogP) is 2.18. The first-order valence-electron chi connectivity index (χ1n) is 14.3. The normalized spacial score (nSPS) is 20.7. The van der Waals surface area contributed by atoms with Crippen LogP contribution in [0.3, 0.4) is 0 Å². The van der Waals surface area contributed by atoms with Crippen molar-refractivity contribution in [2.45, 2.75) is 77.7 Å². The van der Waals surface area contributed by atoms with Crippen LogP contribution in [0, 0.1) is 5.92 Å². The number of nitrogens with one attached hydrogen (secondary N) is 3. The monoisotopic (exact) mass is 586 g/mol. The van der Waals surface area contributed by atoms with Crippen molar-refractivity contribution in [3.05, 3.63) is 53.9 Å². The van der Waals surface area contributed by atoms with Crippen molar-refractivity contribution in [3.8, 4) is 0 Å². The molecule has 4 rings (SSSR count). The first kappa shape index (κ1) is 32.3. The average Bonchev–Trinajstić information content (AvgIpc) is 3.38. The molecule has 224 valence electrons. The molecule has 11 heteroatoms. The van der Waals surface area contributed by atoms with E-state index in [-0.39, 0.29) is 42.6 Å². The number of halogens is 1. The molecule has 0 radical (unpaired) electrons. The van der Waals surface area contributed by atoms with E-state index in [1.165, 1.54) is 0 Å². The molecule has 1 aromatic heterocycles. The molecule has 4 atom stereocenters. The van der Waals surface area contributed by atoms with Gasteiger partial charge in [0.1, 0.15) is 12.1 Å². The summed E-state index contributed by atoms with van der Waals surface area (Å²) in [6.45, 7) is 10.3. The maximum Gasteiger partial charge on any atom is 0.250 e. The lowest BCUT2D eigenvalue weighted by atomic mass is 9.94. The number of aliphatic hydroxyl groups is 1. The largest absolute Gasteiger partial charge is 0.392 e. The number of carbonyl (C=O) groups is 3. The summed E-state index contributed by atoms with van der Waals surface area (Å²) in [6, 6.07) is 9.52. The Bertz CT molecular complexity index is 1190. The fraction of sp³-hybridized carbons (Fsp3) is 0.533. The molecule has 1 saturated heterocycles. The number of fused-ring (bicyclic) bond motifs is 1. The third-order valence-electron chi connectivity index (χ3n) is 7.59. The number of nitrogens with zero attached hydrogens (tertiary/aromatic N) is 3. The summed E-state index contributed by atoms with van der Waals surface area (Å²) in [4.78, 5) is 48.9. The predicted molar refractivity (Wildman–Crippen MR) is 162 cm³/mol. The van der Waals surface area contributed by atoms with Gasteiger partial charge in [0.25, 0.3) is 0 Å². The Kier molecular flexibility index (Phi) is 11.5. The fourth-order valence-corrected chi connectivity index (χ4v) is 5.57. The van der Waals surface area contributed by atoms with Gasteiger partial charge in [0.15, 0.2) is 0 Å². The lowest BCUT2D eigenvalue weighted by molar-refractivity contribution is -0.132. The molecule has 4 N–H and O–H groups in total. The number of para-hydroxylation sites is 1. The molecule has 3 amide bonds. The molecule has 3 heterocycles. The lowest BCUT2D eigenvalue weighted by Gasteiger charge is -2.38. The van der Waals surface area contributed by atoms with E-state index in [2.05, 4.69) is 39.7 Å². The van der Waals surface area contributed by atoms with E-state index in [0.717, 1.165) is 35.7 Å². The molecule has 0 aliphatic carbocycles. The van der Waals surface area contributed by atoms with E-state index in [1.807, 2.05) is 50.2 Å². The van der Waals surface area contributed by atoms with Crippen molar-refractivity contribution >= 4 is 41.5 Å². The van der Waals surface area contributed by atoms with E-state index < -0.39 is 24.2 Å². The Morgan fingerprint density at radius 2 is 1.93 bits per heavy atom. The van der Waals surface area contributed by atoms with Gasteiger partial charge in [-0.2, -0.15) is 0 Å². The van der Waals surface area contributed by atoms with Gasteiger partial charge in [-0.15, -0.1) is 12.4 Å². The number of hydrogen-bond acceptors (Lipinski definition) is 7. The van der Waals surface area contributed by atoms with E-state index >= 15 is 0 Å². The zero-order valence-electron chi connectivity index (χ0n) is 24.3. The zero-order valence-corrected chi connectivity index (χ0v) is 25.1. The van der Waals surface area contributed by atoms with Gasteiger partial charge < -0.3 is 30.9 Å². The Morgan fingerprint density at radius 1 is 1.17 bits per heavy atom. The maximum absolute atomic E-state index is 14.0. The second kappa shape index (κ2) is 14.6. The minimum absolute atomic E-state index is 0. The second-order valence-corrected chi connectivity index (χ2v) is 11.0. The minimum atomic E-state index is -0.799. The third kappa shape index (κ3) is 7.75. The lowest BCUT2D eigenvalue weighted by Crippen LogP contribution is -2.58. The highest BCUT2D eigenvalue weighted by Gasteiger charge is 2.38. The van der Waals surface area contributed by atoms with Crippen molar-refractivity contribution in [3.63, 3.8) is 0 Å². The molecule has 0 saturated carbocycles. The first-order valence-corrected chi connectivity index (χ1v) is 14.3. The van der Waals surface area contributed by atoms with Gasteiger partial charge in [0.05, 0.1) is 35.8 Å². The molecule has 2 aliphatic rings. The number of carbonyl (C=O) groups excluding carboxylic acids is 3. The molecule has 0 spiro atoms. The molecule has 0 bridgehead atoms. The summed E-state index contributed by atoms with van der Waals surface area (Å²) in [5, 5.41) is 18.6. The topological polar surface area (TPSA) is 127 Å². The van der Waals surface area contributed by atoms with E-state index in [4.69, 9.17) is 0 Å². The van der Waals surface area contributed by atoms with E-state index in [0.29, 0.717) is 25.8 Å². The van der Waals surface area contributed by atoms with Gasteiger partial charge in [-0.3, -0.25) is 19.4 Å². The van der Waals surface area contributed by atoms with Gasteiger partial charge in [-0.05, 0) is 56.4 Å². The van der Waals surface area contributed by atoms with Crippen LogP contribution in [0.5, 0.6) is 0 Å². The molecular formula is C30H43ClN6O4. The Labute approximate surface area is 248 Å². The molecule has 10 nitrogen and oxygen atoms in total. The van der Waals surface area contributed by atoms with Crippen LogP contribution < -0.4 is 25.8 Å². The average molecular weight is 587 g/mol. The van der Waals surface area contributed by atoms with Crippen molar-refractivity contribution in [2.75, 3.05) is 29.4 Å². The van der Waals surface area contributed by atoms with Crippen LogP contribution >= 0.6 is 12.4 Å². The Hall–Kier alpha value is -3.21. The standard InChI is InChI=1S/C30H42N6O4.ClH/c1-5-35(6-2)26-12-9-10-20-15-25(30(40)36(27(20)26)18-21-11-7-8-13-31-21)34-29(39)24(14-19(3)4)33-28(38)23-16-22(37)17-32-23;/h7-13,19,22-25,32,37H,5-6,14-18H2,1-4H3,(H,33,38)(H,34,39);1H/t22?,23?,24-,25?;/m1./s1. The fourth-order valence-electron chi connectivity index (χ4n) is 5.57. The van der Waals surface area contributed by atoms with Crippen LogP contribution in [0.4, 0.5) is 11.4 Å². The summed E-state index contributed by atoms with van der Waals surface area (Å²) in [6.07, 6.45) is 2.20. The number of rotatable bonds is 11. The van der Waals surface area contributed by atoms with Gasteiger partial charge in [0, 0.05) is 32.3 Å². The number of aliphatic hydroxyl groups excluding tert-OH is 1. The molecule has 3 unspecified atom stereocenters. The van der Waals surface area contributed by atoms with Crippen LogP contribution in [0.1, 0.15) is 51.8 Å². The molecule has 41 heavy (non-hydrogen) atoms. The first-order chi connectivity index (χ1) is 19.2. The highest BCUT2D eigenvalue weighted by molar-refractivity contribution is 6.05.